The van der Waals surface area contributed by atoms with E-state index in [-0.39, 0.29) is 6.42 Å². The summed E-state index contributed by atoms with van der Waals surface area (Å²) in [6.45, 7) is 3.39. The number of ether oxygens (including phenoxy) is 1. The normalized spacial score (nSPS) is 14.8. The van der Waals surface area contributed by atoms with E-state index in [2.05, 4.69) is 11.7 Å². The Hall–Kier alpha value is -0.620. The molecule has 0 bridgehead atoms. The molecule has 1 unspecified atom stereocenters. The summed E-state index contributed by atoms with van der Waals surface area (Å²) in [4.78, 5) is 11.6. The molecular weight excluding hydrogens is 280 g/mol. The highest BCUT2D eigenvalue weighted by Crippen LogP contribution is 2.25. The number of methoxy groups -OCH3 is 1. The van der Waals surface area contributed by atoms with Crippen LogP contribution < -0.4 is 0 Å². The number of carbonyl (C=O) groups is 1. The molecule has 20 heavy (non-hydrogen) atoms. The lowest BCUT2D eigenvalue weighted by molar-refractivity contribution is -0.143. The van der Waals surface area contributed by atoms with Crippen LogP contribution in [0.1, 0.15) is 71.6 Å². The fourth-order valence-corrected chi connectivity index (χ4v) is 2.84. The molecule has 0 spiro atoms. The van der Waals surface area contributed by atoms with Gasteiger partial charge in [-0.1, -0.05) is 58.3 Å². The van der Waals surface area contributed by atoms with Crippen molar-refractivity contribution in [3.8, 4) is 0 Å². The lowest BCUT2D eigenvalue weighted by atomic mass is 10.0. The summed E-state index contributed by atoms with van der Waals surface area (Å²) in [6.07, 6.45) is 8.57. The van der Waals surface area contributed by atoms with Crippen molar-refractivity contribution in [1.29, 1.82) is 0 Å². The smallest absolute Gasteiger partial charge is 0.329 e. The Labute approximate surface area is 122 Å². The van der Waals surface area contributed by atoms with Gasteiger partial charge in [-0.05, 0) is 13.3 Å². The fourth-order valence-electron chi connectivity index (χ4n) is 2.15. The standard InChI is InChI=1S/C14H28O5S/c1-4-5-6-7-8-9-10-11-12-14(2,13(15)19-3)20(16,17)18/h4-12H2,1-3H3,(H,16,17,18). The topological polar surface area (TPSA) is 80.7 Å². The number of hydrogen-bond acceptors (Lipinski definition) is 4. The molecule has 0 aromatic carbocycles. The van der Waals surface area contributed by atoms with Crippen molar-refractivity contribution in [3.05, 3.63) is 0 Å². The van der Waals surface area contributed by atoms with Gasteiger partial charge >= 0.3 is 5.97 Å². The van der Waals surface area contributed by atoms with E-state index < -0.39 is 20.8 Å². The second-order valence-corrected chi connectivity index (χ2v) is 7.27. The minimum atomic E-state index is -4.46. The number of rotatable bonds is 11. The molecule has 0 aliphatic carbocycles. The molecule has 0 fully saturated rings. The van der Waals surface area contributed by atoms with Crippen molar-refractivity contribution >= 4 is 16.1 Å². The molecule has 0 radical (unpaired) electrons. The second kappa shape index (κ2) is 9.34. The van der Waals surface area contributed by atoms with E-state index in [1.807, 2.05) is 0 Å². The molecule has 0 heterocycles. The average Bonchev–Trinajstić information content (AvgIpc) is 2.39. The van der Waals surface area contributed by atoms with Gasteiger partial charge in [0.05, 0.1) is 7.11 Å². The SMILES string of the molecule is CCCCCCCCCCC(C)(C(=O)OC)S(=O)(=O)O. The lowest BCUT2D eigenvalue weighted by Crippen LogP contribution is -2.44. The molecule has 0 aromatic rings. The lowest BCUT2D eigenvalue weighted by Gasteiger charge is -2.22. The minimum absolute atomic E-state index is 0.0907. The maximum absolute atomic E-state index is 11.6. The van der Waals surface area contributed by atoms with Crippen LogP contribution in [-0.2, 0) is 19.6 Å². The first-order chi connectivity index (χ1) is 9.29. The first kappa shape index (κ1) is 19.4. The zero-order chi connectivity index (χ0) is 15.6. The summed E-state index contributed by atoms with van der Waals surface area (Å²) >= 11 is 0. The monoisotopic (exact) mass is 308 g/mol. The molecule has 0 rings (SSSR count). The van der Waals surface area contributed by atoms with Crippen LogP contribution in [0, 0.1) is 0 Å². The van der Waals surface area contributed by atoms with Crippen molar-refractivity contribution < 1.29 is 22.5 Å². The quantitative estimate of drug-likeness (QED) is 0.360. The predicted octanol–water partition coefficient (Wildman–Crippen LogP) is 3.34. The highest BCUT2D eigenvalue weighted by atomic mass is 32.2. The van der Waals surface area contributed by atoms with Gasteiger partial charge in [0.1, 0.15) is 0 Å². The van der Waals surface area contributed by atoms with Gasteiger partial charge in [0.2, 0.25) is 0 Å². The zero-order valence-corrected chi connectivity index (χ0v) is 13.7. The van der Waals surface area contributed by atoms with Gasteiger partial charge in [-0.3, -0.25) is 9.35 Å². The fraction of sp³-hybridized carbons (Fsp3) is 0.929. The van der Waals surface area contributed by atoms with Crippen molar-refractivity contribution in [1.82, 2.24) is 0 Å². The molecule has 0 aromatic heterocycles. The Morgan fingerprint density at radius 3 is 1.90 bits per heavy atom. The van der Waals surface area contributed by atoms with Gasteiger partial charge < -0.3 is 4.74 Å². The van der Waals surface area contributed by atoms with E-state index in [0.717, 1.165) is 26.4 Å². The van der Waals surface area contributed by atoms with E-state index in [0.29, 0.717) is 6.42 Å². The van der Waals surface area contributed by atoms with Crippen LogP contribution in [-0.4, -0.2) is 30.8 Å². The number of esters is 1. The molecule has 0 aliphatic rings. The van der Waals surface area contributed by atoms with Gasteiger partial charge in [0.15, 0.2) is 4.75 Å². The summed E-state index contributed by atoms with van der Waals surface area (Å²) in [6, 6.07) is 0. The second-order valence-electron chi connectivity index (χ2n) is 5.42. The van der Waals surface area contributed by atoms with Gasteiger partial charge in [-0.2, -0.15) is 8.42 Å². The third-order valence-electron chi connectivity index (χ3n) is 3.69. The first-order valence-corrected chi connectivity index (χ1v) is 8.79. The van der Waals surface area contributed by atoms with Crippen LogP contribution in [0.4, 0.5) is 0 Å². The molecule has 0 aliphatic heterocycles. The maximum atomic E-state index is 11.6. The molecule has 6 heteroatoms. The Balaban J connectivity index is 4.09. The van der Waals surface area contributed by atoms with Crippen molar-refractivity contribution in [2.45, 2.75) is 76.4 Å². The Bertz CT molecular complexity index is 377. The Kier molecular flexibility index (Phi) is 9.05. The Morgan fingerprint density at radius 1 is 1.05 bits per heavy atom. The largest absolute Gasteiger partial charge is 0.468 e. The van der Waals surface area contributed by atoms with Crippen LogP contribution in [0.3, 0.4) is 0 Å². The Morgan fingerprint density at radius 2 is 1.50 bits per heavy atom. The minimum Gasteiger partial charge on any atom is -0.468 e. The summed E-state index contributed by atoms with van der Waals surface area (Å²) in [7, 11) is -3.33. The number of carbonyl (C=O) groups excluding carboxylic acids is 1. The van der Waals surface area contributed by atoms with Gasteiger partial charge in [-0.15, -0.1) is 0 Å². The third-order valence-corrected chi connectivity index (χ3v) is 5.20. The third kappa shape index (κ3) is 6.22. The van der Waals surface area contributed by atoms with E-state index in [9.17, 15) is 17.8 Å². The van der Waals surface area contributed by atoms with E-state index in [1.165, 1.54) is 32.6 Å². The molecule has 0 amide bonds. The molecule has 5 nitrogen and oxygen atoms in total. The van der Waals surface area contributed by atoms with Crippen molar-refractivity contribution in [2.24, 2.45) is 0 Å². The van der Waals surface area contributed by atoms with Crippen LogP contribution >= 0.6 is 0 Å². The van der Waals surface area contributed by atoms with Gasteiger partial charge in [-0.25, -0.2) is 0 Å². The average molecular weight is 308 g/mol. The maximum Gasteiger partial charge on any atom is 0.329 e. The molecule has 1 atom stereocenters. The number of hydrogen-bond donors (Lipinski definition) is 1. The van der Waals surface area contributed by atoms with Crippen molar-refractivity contribution in [3.63, 3.8) is 0 Å². The van der Waals surface area contributed by atoms with Gasteiger partial charge in [0, 0.05) is 0 Å². The summed E-state index contributed by atoms with van der Waals surface area (Å²) in [5.74, 6) is -0.900. The summed E-state index contributed by atoms with van der Waals surface area (Å²) in [5, 5.41) is 0. The molecule has 120 valence electrons. The highest BCUT2D eigenvalue weighted by Gasteiger charge is 2.46. The van der Waals surface area contributed by atoms with Gasteiger partial charge in [0.25, 0.3) is 10.1 Å². The highest BCUT2D eigenvalue weighted by molar-refractivity contribution is 7.88. The number of unbranched alkanes of at least 4 members (excludes halogenated alkanes) is 7. The zero-order valence-electron chi connectivity index (χ0n) is 12.9. The van der Waals surface area contributed by atoms with Crippen LogP contribution in [0.2, 0.25) is 0 Å². The van der Waals surface area contributed by atoms with E-state index in [1.54, 1.807) is 0 Å². The summed E-state index contributed by atoms with van der Waals surface area (Å²) < 4.78 is 34.5. The molecule has 0 saturated heterocycles. The van der Waals surface area contributed by atoms with Crippen LogP contribution in [0.25, 0.3) is 0 Å². The van der Waals surface area contributed by atoms with Crippen LogP contribution in [0.5, 0.6) is 0 Å². The molecule has 1 N–H and O–H groups in total. The van der Waals surface area contributed by atoms with E-state index >= 15 is 0 Å². The summed E-state index contributed by atoms with van der Waals surface area (Å²) in [5.41, 5.74) is 0. The predicted molar refractivity (Wildman–Crippen MR) is 79.2 cm³/mol. The molecular formula is C14H28O5S. The molecule has 0 saturated carbocycles. The van der Waals surface area contributed by atoms with Crippen LogP contribution in [0.15, 0.2) is 0 Å². The van der Waals surface area contributed by atoms with E-state index in [4.69, 9.17) is 0 Å². The first-order valence-electron chi connectivity index (χ1n) is 7.35. The van der Waals surface area contributed by atoms with Crippen molar-refractivity contribution in [2.75, 3.05) is 7.11 Å².